The number of nitrogens with zero attached hydrogens (tertiary/aromatic N) is 1. The molecule has 13 heteroatoms. The van der Waals surface area contributed by atoms with Crippen molar-refractivity contribution < 1.29 is 55.2 Å². The maximum absolute atomic E-state index is 13.2. The normalized spacial score (nSPS) is 15.2. The molecular formula is C12H19F8NO4. The maximum atomic E-state index is 13.2. The molecule has 0 saturated heterocycles. The summed E-state index contributed by atoms with van der Waals surface area (Å²) in [5.41, 5.74) is 0. The van der Waals surface area contributed by atoms with Crippen molar-refractivity contribution in [3.8, 4) is 0 Å². The van der Waals surface area contributed by atoms with Gasteiger partial charge in [0, 0.05) is 19.6 Å². The van der Waals surface area contributed by atoms with E-state index in [4.69, 9.17) is 10.2 Å². The third-order valence-corrected chi connectivity index (χ3v) is 3.05. The topological polar surface area (TPSA) is 73.2 Å². The molecule has 0 fully saturated rings. The van der Waals surface area contributed by atoms with Crippen LogP contribution in [0.5, 0.6) is 0 Å². The van der Waals surface area contributed by atoms with Crippen molar-refractivity contribution in [1.82, 2.24) is 4.90 Å². The standard InChI is InChI=1S/C12H19F8NO4/c13-9(14)11(17,18)12(19,20)10(15,16)7-25-6-8(24)5-21(1-3-22)2-4-23/h8-9,22-24H,1-7H2. The van der Waals surface area contributed by atoms with Gasteiger partial charge in [0.25, 0.3) is 0 Å². The van der Waals surface area contributed by atoms with Gasteiger partial charge in [-0.05, 0) is 0 Å². The van der Waals surface area contributed by atoms with Crippen LogP contribution in [0.4, 0.5) is 35.1 Å². The fourth-order valence-electron chi connectivity index (χ4n) is 1.72. The predicted octanol–water partition coefficient (Wildman–Crippen LogP) is 0.822. The van der Waals surface area contributed by atoms with Crippen LogP contribution < -0.4 is 0 Å². The highest BCUT2D eigenvalue weighted by Gasteiger charge is 2.75. The molecule has 0 bridgehead atoms. The van der Waals surface area contributed by atoms with E-state index in [0.717, 1.165) is 0 Å². The van der Waals surface area contributed by atoms with Gasteiger partial charge in [0.15, 0.2) is 0 Å². The molecule has 0 radical (unpaired) electrons. The van der Waals surface area contributed by atoms with E-state index in [2.05, 4.69) is 4.74 Å². The third kappa shape index (κ3) is 6.47. The predicted molar refractivity (Wildman–Crippen MR) is 68.3 cm³/mol. The van der Waals surface area contributed by atoms with Crippen molar-refractivity contribution in [3.63, 3.8) is 0 Å². The number of aliphatic hydroxyl groups is 3. The van der Waals surface area contributed by atoms with Gasteiger partial charge in [-0.15, -0.1) is 0 Å². The van der Waals surface area contributed by atoms with Crippen molar-refractivity contribution in [2.24, 2.45) is 0 Å². The first-order valence-corrected chi connectivity index (χ1v) is 6.95. The van der Waals surface area contributed by atoms with Crippen molar-refractivity contribution in [2.75, 3.05) is 46.1 Å². The van der Waals surface area contributed by atoms with Gasteiger partial charge < -0.3 is 20.1 Å². The van der Waals surface area contributed by atoms with E-state index in [0.29, 0.717) is 0 Å². The lowest BCUT2D eigenvalue weighted by molar-refractivity contribution is -0.346. The van der Waals surface area contributed by atoms with E-state index in [-0.39, 0.29) is 32.8 Å². The molecule has 5 nitrogen and oxygen atoms in total. The van der Waals surface area contributed by atoms with Crippen LogP contribution >= 0.6 is 0 Å². The summed E-state index contributed by atoms with van der Waals surface area (Å²) in [4.78, 5) is 1.28. The van der Waals surface area contributed by atoms with Crippen LogP contribution in [-0.2, 0) is 4.74 Å². The molecule has 152 valence electrons. The average Bonchev–Trinajstić information content (AvgIpc) is 2.46. The van der Waals surface area contributed by atoms with Crippen LogP contribution in [0.3, 0.4) is 0 Å². The van der Waals surface area contributed by atoms with E-state index < -0.39 is 43.5 Å². The number of hydrogen-bond donors (Lipinski definition) is 3. The molecule has 25 heavy (non-hydrogen) atoms. The second-order valence-corrected chi connectivity index (χ2v) is 5.12. The molecule has 0 saturated carbocycles. The molecule has 0 heterocycles. The zero-order chi connectivity index (χ0) is 19.9. The second kappa shape index (κ2) is 9.80. The highest BCUT2D eigenvalue weighted by Crippen LogP contribution is 2.48. The lowest BCUT2D eigenvalue weighted by atomic mass is 10.1. The van der Waals surface area contributed by atoms with Gasteiger partial charge >= 0.3 is 24.2 Å². The lowest BCUT2D eigenvalue weighted by Crippen LogP contribution is -2.59. The molecule has 1 atom stereocenters. The van der Waals surface area contributed by atoms with Gasteiger partial charge in [-0.25, -0.2) is 8.78 Å². The van der Waals surface area contributed by atoms with Gasteiger partial charge in [-0.3, -0.25) is 4.90 Å². The Bertz CT molecular complexity index is 380. The van der Waals surface area contributed by atoms with E-state index in [1.54, 1.807) is 0 Å². The number of alkyl halides is 8. The van der Waals surface area contributed by atoms with Crippen molar-refractivity contribution in [3.05, 3.63) is 0 Å². The summed E-state index contributed by atoms with van der Waals surface area (Å²) in [6.45, 7) is -4.35. The Labute approximate surface area is 137 Å². The summed E-state index contributed by atoms with van der Waals surface area (Å²) in [5, 5.41) is 26.9. The number of ether oxygens (including phenoxy) is 1. The Morgan fingerprint density at radius 2 is 1.40 bits per heavy atom. The zero-order valence-electron chi connectivity index (χ0n) is 12.8. The van der Waals surface area contributed by atoms with Crippen molar-refractivity contribution in [1.29, 1.82) is 0 Å². The van der Waals surface area contributed by atoms with E-state index in [1.807, 2.05) is 0 Å². The minimum Gasteiger partial charge on any atom is -0.395 e. The molecule has 0 spiro atoms. The first-order valence-electron chi connectivity index (χ1n) is 6.95. The van der Waals surface area contributed by atoms with Gasteiger partial charge in [0.1, 0.15) is 6.61 Å². The Hall–Kier alpha value is -0.760. The first kappa shape index (κ1) is 24.2. The van der Waals surface area contributed by atoms with Crippen LogP contribution in [0.2, 0.25) is 0 Å². The molecule has 1 unspecified atom stereocenters. The average molecular weight is 393 g/mol. The number of rotatable bonds is 13. The van der Waals surface area contributed by atoms with Gasteiger partial charge in [-0.1, -0.05) is 0 Å². The van der Waals surface area contributed by atoms with Gasteiger partial charge in [0.2, 0.25) is 0 Å². The molecule has 0 aliphatic rings. The minimum absolute atomic E-state index is 0.00748. The van der Waals surface area contributed by atoms with Crippen molar-refractivity contribution in [2.45, 2.75) is 30.3 Å². The molecular weight excluding hydrogens is 374 g/mol. The Balaban J connectivity index is 4.64. The number of halogens is 8. The van der Waals surface area contributed by atoms with Crippen molar-refractivity contribution >= 4 is 0 Å². The molecule has 0 aromatic carbocycles. The molecule has 0 aliphatic carbocycles. The summed E-state index contributed by atoms with van der Waals surface area (Å²) < 4.78 is 105. The first-order chi connectivity index (χ1) is 11.3. The van der Waals surface area contributed by atoms with E-state index in [9.17, 15) is 40.2 Å². The van der Waals surface area contributed by atoms with Crippen LogP contribution in [0.25, 0.3) is 0 Å². The highest BCUT2D eigenvalue weighted by atomic mass is 19.4. The molecule has 0 aromatic heterocycles. The molecule has 3 N–H and O–H groups in total. The largest absolute Gasteiger partial charge is 0.395 e. The fourth-order valence-corrected chi connectivity index (χ4v) is 1.72. The quantitative estimate of drug-likeness (QED) is 0.404. The summed E-state index contributed by atoms with van der Waals surface area (Å²) in [6, 6.07) is 0. The molecule has 0 amide bonds. The third-order valence-electron chi connectivity index (χ3n) is 3.05. The Morgan fingerprint density at radius 1 is 0.920 bits per heavy atom. The summed E-state index contributed by atoms with van der Waals surface area (Å²) in [6.07, 6.45) is -6.55. The second-order valence-electron chi connectivity index (χ2n) is 5.12. The summed E-state index contributed by atoms with van der Waals surface area (Å²) in [5.74, 6) is -18.2. The molecule has 0 rings (SSSR count). The Morgan fingerprint density at radius 3 is 1.80 bits per heavy atom. The minimum atomic E-state index is -6.36. The van der Waals surface area contributed by atoms with Crippen LogP contribution in [0.15, 0.2) is 0 Å². The maximum Gasteiger partial charge on any atom is 0.380 e. The van der Waals surface area contributed by atoms with E-state index in [1.165, 1.54) is 4.90 Å². The Kier molecular flexibility index (Phi) is 9.51. The SMILES string of the molecule is OCCN(CCO)CC(O)COCC(F)(F)C(F)(F)C(F)(F)C(F)F. The smallest absolute Gasteiger partial charge is 0.380 e. The fraction of sp³-hybridized carbons (Fsp3) is 1.00. The highest BCUT2D eigenvalue weighted by molar-refractivity contribution is 4.97. The van der Waals surface area contributed by atoms with E-state index >= 15 is 0 Å². The van der Waals surface area contributed by atoms with Crippen LogP contribution in [0, 0.1) is 0 Å². The molecule has 0 aromatic rings. The summed E-state index contributed by atoms with van der Waals surface area (Å²) in [7, 11) is 0. The van der Waals surface area contributed by atoms with Crippen LogP contribution in [-0.4, -0.2) is 96.6 Å². The van der Waals surface area contributed by atoms with Gasteiger partial charge in [0.05, 0.1) is 25.9 Å². The van der Waals surface area contributed by atoms with Crippen LogP contribution in [0.1, 0.15) is 0 Å². The summed E-state index contributed by atoms with van der Waals surface area (Å²) >= 11 is 0. The monoisotopic (exact) mass is 393 g/mol. The van der Waals surface area contributed by atoms with Gasteiger partial charge in [-0.2, -0.15) is 26.3 Å². The lowest BCUT2D eigenvalue weighted by Gasteiger charge is -2.32. The molecule has 0 aliphatic heterocycles. The number of hydrogen-bond acceptors (Lipinski definition) is 5. The zero-order valence-corrected chi connectivity index (χ0v) is 12.8. The number of aliphatic hydroxyl groups excluding tert-OH is 3.